The Bertz CT molecular complexity index is 1520. The number of anilines is 1. The first-order chi connectivity index (χ1) is 19.1. The molecule has 7 nitrogen and oxygen atoms in total. The smallest absolute Gasteiger partial charge is 0.416 e. The van der Waals surface area contributed by atoms with Gasteiger partial charge in [0.15, 0.2) is 0 Å². The molecule has 0 aliphatic carbocycles. The van der Waals surface area contributed by atoms with Crippen LogP contribution in [0.4, 0.5) is 23.2 Å². The maximum absolute atomic E-state index is 15.1. The van der Waals surface area contributed by atoms with Crippen LogP contribution >= 0.6 is 11.6 Å². The molecule has 0 saturated heterocycles. The van der Waals surface area contributed by atoms with E-state index < -0.39 is 17.6 Å². The summed E-state index contributed by atoms with van der Waals surface area (Å²) in [7, 11) is 1.58. The number of phenolic OH excluding ortho intramolecular Hbond substituents is 1. The molecule has 0 fully saturated rings. The number of guanidine groups is 1. The number of hydrazine groups is 1. The first-order valence-electron chi connectivity index (χ1n) is 12.2. The molecular formula is C28H24ClF4N5O2. The zero-order chi connectivity index (χ0) is 28.6. The van der Waals surface area contributed by atoms with Crippen LogP contribution in [0, 0.1) is 5.82 Å². The van der Waals surface area contributed by atoms with Crippen LogP contribution in [-0.4, -0.2) is 29.7 Å². The molecule has 3 aromatic carbocycles. The lowest BCUT2D eigenvalue weighted by atomic mass is 10.1. The third kappa shape index (κ3) is 5.24. The van der Waals surface area contributed by atoms with Crippen LogP contribution in [0.2, 0.25) is 5.02 Å². The number of benzene rings is 3. The molecule has 0 radical (unpaired) electrons. The first kappa shape index (κ1) is 27.2. The van der Waals surface area contributed by atoms with Gasteiger partial charge in [-0.05, 0) is 55.0 Å². The second kappa shape index (κ2) is 10.6. The molecule has 2 aliphatic rings. The van der Waals surface area contributed by atoms with Crippen molar-refractivity contribution in [3.05, 3.63) is 106 Å². The van der Waals surface area contributed by atoms with Gasteiger partial charge in [0, 0.05) is 12.7 Å². The van der Waals surface area contributed by atoms with Crippen LogP contribution < -0.4 is 20.4 Å². The number of alkyl halides is 3. The fraction of sp³-hybridized carbons (Fsp3) is 0.179. The average molecular weight is 574 g/mol. The zero-order valence-electron chi connectivity index (χ0n) is 21.4. The summed E-state index contributed by atoms with van der Waals surface area (Å²) in [5.41, 5.74) is 4.43. The highest BCUT2D eigenvalue weighted by Gasteiger charge is 2.34. The maximum atomic E-state index is 15.1. The monoisotopic (exact) mass is 573 g/mol. The van der Waals surface area contributed by atoms with Crippen LogP contribution in [0.15, 0.2) is 83.3 Å². The molecule has 2 heterocycles. The van der Waals surface area contributed by atoms with Crippen molar-refractivity contribution in [2.75, 3.05) is 18.6 Å². The molecule has 0 unspecified atom stereocenters. The van der Waals surface area contributed by atoms with E-state index in [2.05, 4.69) is 15.7 Å². The number of aliphatic imine (C=N–C) groups is 1. The van der Waals surface area contributed by atoms with Crippen molar-refractivity contribution >= 4 is 28.9 Å². The third-order valence-electron chi connectivity index (χ3n) is 6.39. The van der Waals surface area contributed by atoms with E-state index in [0.717, 1.165) is 17.7 Å². The quantitative estimate of drug-likeness (QED) is 0.304. The Morgan fingerprint density at radius 3 is 2.48 bits per heavy atom. The zero-order valence-corrected chi connectivity index (χ0v) is 22.1. The fourth-order valence-corrected chi connectivity index (χ4v) is 4.73. The summed E-state index contributed by atoms with van der Waals surface area (Å²) in [6.45, 7) is 2.46. The first-order valence-corrected chi connectivity index (χ1v) is 12.6. The summed E-state index contributed by atoms with van der Waals surface area (Å²) in [4.78, 5) is 6.20. The van der Waals surface area contributed by atoms with Gasteiger partial charge in [-0.15, -0.1) is 0 Å². The Labute approximate surface area is 232 Å². The molecule has 5 rings (SSSR count). The minimum atomic E-state index is -4.55. The molecule has 40 heavy (non-hydrogen) atoms. The summed E-state index contributed by atoms with van der Waals surface area (Å²) >= 11 is 6.30. The molecule has 3 aromatic rings. The minimum Gasteiger partial charge on any atom is -0.507 e. The van der Waals surface area contributed by atoms with Crippen LogP contribution in [0.5, 0.6) is 11.5 Å². The SMILES string of the molecule is CCN(C1=NC(c2c(O)cccc2F)=C2NN(Cc3ccc(OC)cc3)C=C2N1)c1ccc(C(F)(F)F)cc1Cl. The number of halogens is 5. The molecule has 3 N–H and O–H groups in total. The number of nitrogens with one attached hydrogen (secondary N) is 2. The Morgan fingerprint density at radius 1 is 1.10 bits per heavy atom. The van der Waals surface area contributed by atoms with Crippen LogP contribution in [0.25, 0.3) is 5.70 Å². The molecule has 12 heteroatoms. The lowest BCUT2D eigenvalue weighted by Crippen LogP contribution is -2.43. The lowest BCUT2D eigenvalue weighted by Gasteiger charge is -2.30. The van der Waals surface area contributed by atoms with Crippen molar-refractivity contribution in [2.45, 2.75) is 19.6 Å². The highest BCUT2D eigenvalue weighted by atomic mass is 35.5. The normalized spacial score (nSPS) is 14.7. The van der Waals surface area contributed by atoms with E-state index in [4.69, 9.17) is 16.3 Å². The third-order valence-corrected chi connectivity index (χ3v) is 6.69. The van der Waals surface area contributed by atoms with E-state index in [1.165, 1.54) is 24.3 Å². The van der Waals surface area contributed by atoms with Gasteiger partial charge in [-0.3, -0.25) is 10.4 Å². The molecule has 0 bridgehead atoms. The Hall–Kier alpha value is -4.38. The molecule has 208 valence electrons. The lowest BCUT2D eigenvalue weighted by molar-refractivity contribution is -0.137. The summed E-state index contributed by atoms with van der Waals surface area (Å²) in [5, 5.41) is 15.4. The van der Waals surface area contributed by atoms with Gasteiger partial charge in [-0.1, -0.05) is 29.8 Å². The number of rotatable bonds is 6. The van der Waals surface area contributed by atoms with Crippen LogP contribution in [0.1, 0.15) is 23.6 Å². The number of hydrogen-bond acceptors (Lipinski definition) is 7. The van der Waals surface area contributed by atoms with Gasteiger partial charge in [-0.2, -0.15) is 13.2 Å². The number of ether oxygens (including phenoxy) is 1. The van der Waals surface area contributed by atoms with Crippen molar-refractivity contribution in [3.63, 3.8) is 0 Å². The van der Waals surface area contributed by atoms with Gasteiger partial charge in [0.05, 0.1) is 41.2 Å². The number of phenols is 1. The number of nitrogens with zero attached hydrogens (tertiary/aromatic N) is 3. The molecule has 2 aliphatic heterocycles. The van der Waals surface area contributed by atoms with Gasteiger partial charge in [-0.25, -0.2) is 9.38 Å². The minimum absolute atomic E-state index is 0.106. The highest BCUT2D eigenvalue weighted by molar-refractivity contribution is 6.34. The van der Waals surface area contributed by atoms with Gasteiger partial charge in [0.1, 0.15) is 28.7 Å². The van der Waals surface area contributed by atoms with Crippen LogP contribution in [0.3, 0.4) is 0 Å². The molecule has 0 atom stereocenters. The predicted molar refractivity (Wildman–Crippen MR) is 145 cm³/mol. The second-order valence-corrected chi connectivity index (χ2v) is 9.36. The molecule has 0 aromatic heterocycles. The second-order valence-electron chi connectivity index (χ2n) is 8.96. The molecular weight excluding hydrogens is 550 g/mol. The predicted octanol–water partition coefficient (Wildman–Crippen LogP) is 6.23. The Balaban J connectivity index is 1.55. The van der Waals surface area contributed by atoms with E-state index in [9.17, 15) is 18.3 Å². The maximum Gasteiger partial charge on any atom is 0.416 e. The van der Waals surface area contributed by atoms with Crippen molar-refractivity contribution in [3.8, 4) is 11.5 Å². The van der Waals surface area contributed by atoms with Crippen molar-refractivity contribution in [1.82, 2.24) is 15.8 Å². The van der Waals surface area contributed by atoms with Crippen molar-refractivity contribution in [1.29, 1.82) is 0 Å². The largest absolute Gasteiger partial charge is 0.507 e. The highest BCUT2D eigenvalue weighted by Crippen LogP contribution is 2.38. The van der Waals surface area contributed by atoms with E-state index >= 15 is 4.39 Å². The van der Waals surface area contributed by atoms with Gasteiger partial charge >= 0.3 is 6.18 Å². The van der Waals surface area contributed by atoms with Crippen molar-refractivity contribution in [2.24, 2.45) is 4.99 Å². The van der Waals surface area contributed by atoms with E-state index in [0.29, 0.717) is 23.7 Å². The topological polar surface area (TPSA) is 72.4 Å². The number of aromatic hydroxyl groups is 1. The van der Waals surface area contributed by atoms with E-state index in [-0.39, 0.29) is 40.2 Å². The van der Waals surface area contributed by atoms with E-state index in [1.54, 1.807) is 30.1 Å². The standard InChI is InChI=1S/C28H24ClF4N5O2/c1-3-38(22-12-9-17(13-19(22)29)28(31,32)33)27-34-21-15-37(14-16-7-10-18(40-2)11-8-16)36-25(21)26(35-27)24-20(30)5-4-6-23(24)39/h4-13,15,36,39H,3,14H2,1-2H3,(H,34,35). The van der Waals surface area contributed by atoms with Gasteiger partial charge < -0.3 is 20.1 Å². The van der Waals surface area contributed by atoms with Crippen LogP contribution in [-0.2, 0) is 12.7 Å². The summed E-state index contributed by atoms with van der Waals surface area (Å²) < 4.78 is 60.0. The van der Waals surface area contributed by atoms with Crippen molar-refractivity contribution < 1.29 is 27.4 Å². The molecule has 0 spiro atoms. The average Bonchev–Trinajstić information content (AvgIpc) is 3.32. The summed E-state index contributed by atoms with van der Waals surface area (Å²) in [6.07, 6.45) is -2.80. The fourth-order valence-electron chi connectivity index (χ4n) is 4.45. The molecule has 0 amide bonds. The Morgan fingerprint density at radius 2 is 1.85 bits per heavy atom. The van der Waals surface area contributed by atoms with E-state index in [1.807, 2.05) is 24.3 Å². The Kier molecular flexibility index (Phi) is 7.24. The van der Waals surface area contributed by atoms with Gasteiger partial charge in [0.2, 0.25) is 5.96 Å². The number of fused-ring (bicyclic) bond motifs is 1. The summed E-state index contributed by atoms with van der Waals surface area (Å²) in [6, 6.07) is 14.4. The summed E-state index contributed by atoms with van der Waals surface area (Å²) in [5.74, 6) is -0.118. The number of methoxy groups -OCH3 is 1. The van der Waals surface area contributed by atoms with Gasteiger partial charge in [0.25, 0.3) is 0 Å². The molecule has 0 saturated carbocycles. The number of hydrogen-bond donors (Lipinski definition) is 3.